The Morgan fingerprint density at radius 3 is 2.35 bits per heavy atom. The van der Waals surface area contributed by atoms with Crippen LogP contribution in [0.2, 0.25) is 0 Å². The number of aromatic nitrogens is 1. The summed E-state index contributed by atoms with van der Waals surface area (Å²) in [5.41, 5.74) is 4.94. The zero-order chi connectivity index (χ0) is 29.1. The van der Waals surface area contributed by atoms with E-state index in [1.54, 1.807) is 24.0 Å². The summed E-state index contributed by atoms with van der Waals surface area (Å²) in [4.78, 5) is 32.0. The van der Waals surface area contributed by atoms with Crippen molar-refractivity contribution < 1.29 is 19.1 Å². The minimum atomic E-state index is -0.111. The van der Waals surface area contributed by atoms with Gasteiger partial charge in [0, 0.05) is 19.8 Å². The maximum absolute atomic E-state index is 12.2. The molecule has 212 valence electrons. The van der Waals surface area contributed by atoms with Gasteiger partial charge in [-0.15, -0.1) is 11.6 Å². The first-order valence-electron chi connectivity index (χ1n) is 13.1. The molecule has 4 rings (SSSR count). The molecule has 7 nitrogen and oxygen atoms in total. The number of amides is 2. The number of aryl methyl sites for hydroxylation is 2. The van der Waals surface area contributed by atoms with Crippen LogP contribution in [-0.2, 0) is 20.7 Å². The number of benzene rings is 3. The van der Waals surface area contributed by atoms with Crippen molar-refractivity contribution >= 4 is 56.3 Å². The third-order valence-corrected chi connectivity index (χ3v) is 7.46. The Hall–Kier alpha value is -3.46. The van der Waals surface area contributed by atoms with E-state index in [0.717, 1.165) is 39.1 Å². The third-order valence-electron chi connectivity index (χ3n) is 6.29. The lowest BCUT2D eigenvalue weighted by atomic mass is 10.0. The summed E-state index contributed by atoms with van der Waals surface area (Å²) in [7, 11) is 3.37. The van der Waals surface area contributed by atoms with Crippen LogP contribution in [-0.4, -0.2) is 56.1 Å². The highest BCUT2D eigenvalue weighted by Gasteiger charge is 2.24. The van der Waals surface area contributed by atoms with Gasteiger partial charge in [0.25, 0.3) is 11.1 Å². The molecule has 3 aromatic carbocycles. The molecule has 0 spiro atoms. The van der Waals surface area contributed by atoms with Gasteiger partial charge < -0.3 is 19.3 Å². The summed E-state index contributed by atoms with van der Waals surface area (Å²) >= 11 is 7.20. The first-order chi connectivity index (χ1) is 19.3. The minimum Gasteiger partial charge on any atom is -0.460 e. The van der Waals surface area contributed by atoms with Crippen molar-refractivity contribution in [1.82, 2.24) is 4.98 Å². The molecule has 0 saturated heterocycles. The fourth-order valence-corrected chi connectivity index (χ4v) is 5.19. The maximum atomic E-state index is 12.2. The summed E-state index contributed by atoms with van der Waals surface area (Å²) in [5, 5.41) is 0.519. The molecular weight excluding hydrogens is 546 g/mol. The Morgan fingerprint density at radius 1 is 1.00 bits per heavy atom. The molecule has 40 heavy (non-hydrogen) atoms. The Kier molecular flexibility index (Phi) is 11.9. The number of halogens is 1. The van der Waals surface area contributed by atoms with Crippen LogP contribution in [0.15, 0.2) is 72.8 Å². The van der Waals surface area contributed by atoms with E-state index < -0.39 is 0 Å². The number of para-hydroxylation sites is 3. The summed E-state index contributed by atoms with van der Waals surface area (Å²) in [6.07, 6.45) is 0.878. The van der Waals surface area contributed by atoms with E-state index in [-0.39, 0.29) is 30.3 Å². The topological polar surface area (TPSA) is 72.0 Å². The number of fused-ring (bicyclic) bond motifs is 1. The minimum absolute atomic E-state index is 0.0223. The highest BCUT2D eigenvalue weighted by molar-refractivity contribution is 7.20. The lowest BCUT2D eigenvalue weighted by Gasteiger charge is -2.31. The second-order valence-corrected chi connectivity index (χ2v) is 10.4. The van der Waals surface area contributed by atoms with Crippen LogP contribution >= 0.6 is 22.9 Å². The number of carbonyl (C=O) groups is 2. The van der Waals surface area contributed by atoms with E-state index in [2.05, 4.69) is 18.0 Å². The number of likely N-dealkylation sites (N-methyl/N-ethyl adjacent to an activating group) is 1. The number of thiazole rings is 1. The number of ether oxygens (including phenoxy) is 2. The van der Waals surface area contributed by atoms with Crippen LogP contribution in [0, 0.1) is 6.92 Å². The van der Waals surface area contributed by atoms with Crippen molar-refractivity contribution in [2.45, 2.75) is 33.2 Å². The average molecular weight is 582 g/mol. The van der Waals surface area contributed by atoms with Crippen molar-refractivity contribution in [3.05, 3.63) is 83.9 Å². The maximum Gasteiger partial charge on any atom is 0.274 e. The summed E-state index contributed by atoms with van der Waals surface area (Å²) < 4.78 is 11.7. The third kappa shape index (κ3) is 8.03. The predicted octanol–water partition coefficient (Wildman–Crippen LogP) is 6.50. The highest BCUT2D eigenvalue weighted by Crippen LogP contribution is 2.29. The number of hydrogen-bond acceptors (Lipinski definition) is 6. The van der Waals surface area contributed by atoms with E-state index >= 15 is 0 Å². The van der Waals surface area contributed by atoms with E-state index in [9.17, 15) is 9.59 Å². The van der Waals surface area contributed by atoms with Gasteiger partial charge >= 0.3 is 0 Å². The lowest BCUT2D eigenvalue weighted by molar-refractivity contribution is -0.120. The molecule has 1 aromatic heterocycles. The van der Waals surface area contributed by atoms with Gasteiger partial charge in [-0.2, -0.15) is 0 Å². The SMILES string of the molecule is CCc1cccc(C)c1N(C(=O)CCl)C(C)COC.CN(C(=O)COc1nc2ccccc2s1)c1ccccc1. The van der Waals surface area contributed by atoms with Crippen LogP contribution in [0.5, 0.6) is 5.19 Å². The fraction of sp³-hybridized carbons (Fsp3) is 0.323. The Morgan fingerprint density at radius 2 is 1.70 bits per heavy atom. The van der Waals surface area contributed by atoms with Crippen LogP contribution < -0.4 is 14.5 Å². The van der Waals surface area contributed by atoms with Crippen molar-refractivity contribution in [1.29, 1.82) is 0 Å². The summed E-state index contributed by atoms with van der Waals surface area (Å²) in [5.74, 6) is -0.221. The van der Waals surface area contributed by atoms with Gasteiger partial charge in [0.2, 0.25) is 5.91 Å². The van der Waals surface area contributed by atoms with E-state index in [1.807, 2.05) is 80.6 Å². The second-order valence-electron chi connectivity index (χ2n) is 9.16. The van der Waals surface area contributed by atoms with Gasteiger partial charge in [-0.3, -0.25) is 9.59 Å². The Balaban J connectivity index is 0.000000222. The number of nitrogens with zero attached hydrogens (tertiary/aromatic N) is 3. The van der Waals surface area contributed by atoms with Gasteiger partial charge in [-0.05, 0) is 55.7 Å². The van der Waals surface area contributed by atoms with Crippen LogP contribution in [0.1, 0.15) is 25.0 Å². The molecule has 2 amide bonds. The van der Waals surface area contributed by atoms with Crippen molar-refractivity contribution in [3.63, 3.8) is 0 Å². The van der Waals surface area contributed by atoms with Gasteiger partial charge in [0.15, 0.2) is 6.61 Å². The quantitative estimate of drug-likeness (QED) is 0.200. The zero-order valence-electron chi connectivity index (χ0n) is 23.6. The van der Waals surface area contributed by atoms with Crippen LogP contribution in [0.4, 0.5) is 11.4 Å². The molecule has 0 aliphatic rings. The lowest BCUT2D eigenvalue weighted by Crippen LogP contribution is -2.43. The summed E-state index contributed by atoms with van der Waals surface area (Å²) in [6.45, 7) is 6.54. The Bertz CT molecular complexity index is 1360. The van der Waals surface area contributed by atoms with Crippen molar-refractivity contribution in [3.8, 4) is 5.19 Å². The van der Waals surface area contributed by atoms with Crippen LogP contribution in [0.25, 0.3) is 10.2 Å². The number of rotatable bonds is 10. The molecule has 0 bridgehead atoms. The average Bonchev–Trinajstić information content (AvgIpc) is 3.40. The first kappa shape index (κ1) is 31.1. The summed E-state index contributed by atoms with van der Waals surface area (Å²) in [6, 6.07) is 23.3. The van der Waals surface area contributed by atoms with Crippen molar-refractivity contribution in [2.75, 3.05) is 43.1 Å². The van der Waals surface area contributed by atoms with Gasteiger partial charge in [0.05, 0.1) is 28.6 Å². The molecule has 0 aliphatic carbocycles. The number of anilines is 2. The standard InChI is InChI=1S/C16H14N2O2S.C15H22ClNO2/c1-18(12-7-3-2-4-8-12)15(19)11-20-16-17-13-9-5-6-10-14(13)21-16;1-5-13-8-6-7-11(2)15(13)17(14(18)9-16)12(3)10-19-4/h2-10H,11H2,1H3;6-8,12H,5,9-10H2,1-4H3. The van der Waals surface area contributed by atoms with Gasteiger partial charge in [-0.25, -0.2) is 4.98 Å². The molecule has 0 aliphatic heterocycles. The van der Waals surface area contributed by atoms with Crippen molar-refractivity contribution in [2.24, 2.45) is 0 Å². The molecule has 0 fully saturated rings. The first-order valence-corrected chi connectivity index (χ1v) is 14.4. The molecule has 1 unspecified atom stereocenters. The molecule has 0 radical (unpaired) electrons. The van der Waals surface area contributed by atoms with Gasteiger partial charge in [0.1, 0.15) is 5.88 Å². The molecule has 0 N–H and O–H groups in total. The number of alkyl halides is 1. The molecule has 1 heterocycles. The highest BCUT2D eigenvalue weighted by atomic mass is 35.5. The van der Waals surface area contributed by atoms with E-state index in [4.69, 9.17) is 21.1 Å². The van der Waals surface area contributed by atoms with Gasteiger partial charge in [-0.1, -0.05) is 66.8 Å². The second kappa shape index (κ2) is 15.4. The normalized spacial score (nSPS) is 11.3. The largest absolute Gasteiger partial charge is 0.460 e. The molecular formula is C31H36ClN3O4S. The number of methoxy groups -OCH3 is 1. The molecule has 9 heteroatoms. The fourth-order valence-electron chi connectivity index (χ4n) is 4.25. The predicted molar refractivity (Wildman–Crippen MR) is 165 cm³/mol. The van der Waals surface area contributed by atoms with E-state index in [0.29, 0.717) is 11.8 Å². The molecule has 1 atom stereocenters. The zero-order valence-corrected chi connectivity index (χ0v) is 25.2. The number of carbonyl (C=O) groups excluding carboxylic acids is 2. The molecule has 4 aromatic rings. The Labute approximate surface area is 245 Å². The van der Waals surface area contributed by atoms with Crippen LogP contribution in [0.3, 0.4) is 0 Å². The van der Waals surface area contributed by atoms with E-state index in [1.165, 1.54) is 11.3 Å². The number of hydrogen-bond donors (Lipinski definition) is 0. The molecule has 0 saturated carbocycles. The monoisotopic (exact) mass is 581 g/mol. The smallest absolute Gasteiger partial charge is 0.274 e.